The minimum atomic E-state index is -4.68. The van der Waals surface area contributed by atoms with Crippen molar-refractivity contribution in [3.63, 3.8) is 0 Å². The summed E-state index contributed by atoms with van der Waals surface area (Å²) in [6.07, 6.45) is 0.828. The van der Waals surface area contributed by atoms with Crippen LogP contribution in [0.15, 0.2) is 46.8 Å². The van der Waals surface area contributed by atoms with Crippen molar-refractivity contribution in [3.8, 4) is 21.7 Å². The average molecular weight is 721 g/mol. The first kappa shape index (κ1) is 35.9. The van der Waals surface area contributed by atoms with E-state index >= 15 is 0 Å². The number of urea groups is 1. The number of thiazole rings is 1. The van der Waals surface area contributed by atoms with Gasteiger partial charge in [-0.2, -0.15) is 13.2 Å². The fourth-order valence-electron chi connectivity index (χ4n) is 5.71. The number of esters is 1. The lowest BCUT2D eigenvalue weighted by atomic mass is 9.98. The van der Waals surface area contributed by atoms with Crippen LogP contribution < -0.4 is 16.1 Å². The van der Waals surface area contributed by atoms with Gasteiger partial charge in [-0.15, -0.1) is 11.3 Å². The van der Waals surface area contributed by atoms with Crippen LogP contribution in [0, 0.1) is 0 Å². The summed E-state index contributed by atoms with van der Waals surface area (Å²) < 4.78 is 71.3. The van der Waals surface area contributed by atoms with Crippen LogP contribution in [0.1, 0.15) is 48.8 Å². The molecule has 17 heteroatoms. The van der Waals surface area contributed by atoms with Gasteiger partial charge < -0.3 is 19.5 Å². The molecule has 0 bridgehead atoms. The van der Waals surface area contributed by atoms with Crippen molar-refractivity contribution in [1.82, 2.24) is 24.8 Å². The molecule has 0 aliphatic carbocycles. The van der Waals surface area contributed by atoms with Crippen molar-refractivity contribution in [2.24, 2.45) is 0 Å². The van der Waals surface area contributed by atoms with Gasteiger partial charge >= 0.3 is 18.2 Å². The number of benzene rings is 1. The van der Waals surface area contributed by atoms with E-state index in [1.54, 1.807) is 32.0 Å². The highest BCUT2D eigenvalue weighted by atomic mass is 32.2. The highest BCUT2D eigenvalue weighted by Crippen LogP contribution is 2.39. The van der Waals surface area contributed by atoms with Crippen LogP contribution in [0.4, 0.5) is 23.8 Å². The zero-order valence-electron chi connectivity index (χ0n) is 27.0. The lowest BCUT2D eigenvalue weighted by Crippen LogP contribution is -2.39. The fraction of sp³-hybridized carbons (Fsp3) is 0.406. The molecule has 5 rings (SSSR count). The molecule has 0 saturated carbocycles. The van der Waals surface area contributed by atoms with Gasteiger partial charge in [-0.05, 0) is 57.0 Å². The molecular formula is C32H35F3N6O6S2. The fourth-order valence-corrected chi connectivity index (χ4v) is 7.16. The van der Waals surface area contributed by atoms with Crippen molar-refractivity contribution < 1.29 is 35.9 Å². The molecule has 0 radical (unpaired) electrons. The number of alkyl halides is 3. The van der Waals surface area contributed by atoms with Gasteiger partial charge in [-0.1, -0.05) is 6.07 Å². The summed E-state index contributed by atoms with van der Waals surface area (Å²) in [6.45, 7) is 5.25. The van der Waals surface area contributed by atoms with E-state index < -0.39 is 39.1 Å². The summed E-state index contributed by atoms with van der Waals surface area (Å²) >= 11 is 0.765. The Balaban J connectivity index is 1.65. The van der Waals surface area contributed by atoms with E-state index in [9.17, 15) is 36.0 Å². The van der Waals surface area contributed by atoms with Gasteiger partial charge in [-0.25, -0.2) is 28.0 Å². The number of anilines is 1. The van der Waals surface area contributed by atoms with Crippen molar-refractivity contribution >= 4 is 49.9 Å². The molecule has 1 aromatic carbocycles. The van der Waals surface area contributed by atoms with Crippen molar-refractivity contribution in [2.45, 2.75) is 38.9 Å². The molecule has 2 N–H and O–H groups in total. The molecule has 1 atom stereocenters. The van der Waals surface area contributed by atoms with E-state index in [1.165, 1.54) is 24.7 Å². The monoisotopic (exact) mass is 720 g/mol. The maximum absolute atomic E-state index is 13.8. The summed E-state index contributed by atoms with van der Waals surface area (Å²) in [5.41, 5.74) is -0.364. The second-order valence-corrected chi connectivity index (χ2v) is 14.7. The standard InChI is InChI=1S/C32H35F3N6O6S2/c1-4-36-31(44)39-27-14-21(29-38-26(18-48-29)32(33,34)35)23(15-37-27)19-8-9-25-22(13-19)28(42)24(30(43)47-5-2)17-41(25)20-7-6-10-40(16-20)11-12-49(3,45)46/h8-9,13-15,17-18,20H,4-7,10-12,16H2,1-3H3,(H2,36,37,39,44)/t20-/m1/s1. The minimum Gasteiger partial charge on any atom is -0.462 e. The highest BCUT2D eigenvalue weighted by molar-refractivity contribution is 7.90. The number of carbonyl (C=O) groups is 2. The number of ether oxygens (including phenoxy) is 1. The number of sulfone groups is 1. The summed E-state index contributed by atoms with van der Waals surface area (Å²) in [6, 6.07) is 5.60. The van der Waals surface area contributed by atoms with Crippen LogP contribution in [0.5, 0.6) is 0 Å². The van der Waals surface area contributed by atoms with Crippen molar-refractivity contribution in [1.29, 1.82) is 0 Å². The Morgan fingerprint density at radius 3 is 2.61 bits per heavy atom. The van der Waals surface area contributed by atoms with Crippen LogP contribution in [-0.2, 0) is 20.8 Å². The Hall–Kier alpha value is -4.35. The van der Waals surface area contributed by atoms with Gasteiger partial charge in [0, 0.05) is 66.2 Å². The molecule has 49 heavy (non-hydrogen) atoms. The largest absolute Gasteiger partial charge is 0.462 e. The van der Waals surface area contributed by atoms with Gasteiger partial charge in [0.25, 0.3) is 0 Å². The van der Waals surface area contributed by atoms with Crippen LogP contribution in [0.25, 0.3) is 32.6 Å². The van der Waals surface area contributed by atoms with Crippen LogP contribution in [0.3, 0.4) is 0 Å². The molecule has 4 aromatic rings. The normalized spacial score (nSPS) is 15.7. The predicted octanol–water partition coefficient (Wildman–Crippen LogP) is 5.21. The first-order valence-corrected chi connectivity index (χ1v) is 18.5. The summed E-state index contributed by atoms with van der Waals surface area (Å²) in [5, 5.41) is 6.19. The Morgan fingerprint density at radius 1 is 1.16 bits per heavy atom. The van der Waals surface area contributed by atoms with E-state index in [0.29, 0.717) is 49.2 Å². The Morgan fingerprint density at radius 2 is 1.94 bits per heavy atom. The lowest BCUT2D eigenvalue weighted by molar-refractivity contribution is -0.140. The number of rotatable bonds is 10. The van der Waals surface area contributed by atoms with Gasteiger partial charge in [0.2, 0.25) is 5.43 Å². The maximum atomic E-state index is 13.8. The quantitative estimate of drug-likeness (QED) is 0.211. The van der Waals surface area contributed by atoms with E-state index in [1.807, 2.05) is 9.47 Å². The number of halogens is 3. The summed E-state index contributed by atoms with van der Waals surface area (Å²) in [7, 11) is -3.18. The number of nitrogens with one attached hydrogen (secondary N) is 2. The lowest BCUT2D eigenvalue weighted by Gasteiger charge is -2.34. The molecule has 0 spiro atoms. The molecule has 0 unspecified atom stereocenters. The van der Waals surface area contributed by atoms with Gasteiger partial charge in [0.05, 0.1) is 17.9 Å². The van der Waals surface area contributed by atoms with E-state index in [-0.39, 0.29) is 45.7 Å². The number of piperidine rings is 1. The van der Waals surface area contributed by atoms with Crippen LogP contribution in [0.2, 0.25) is 0 Å². The second-order valence-electron chi connectivity index (χ2n) is 11.6. The third-order valence-corrected chi connectivity index (χ3v) is 9.80. The molecule has 1 saturated heterocycles. The Bertz CT molecular complexity index is 2050. The topological polar surface area (TPSA) is 153 Å². The molecule has 1 aliphatic rings. The smallest absolute Gasteiger partial charge is 0.434 e. The first-order valence-electron chi connectivity index (χ1n) is 15.5. The molecule has 1 aliphatic heterocycles. The zero-order chi connectivity index (χ0) is 35.5. The van der Waals surface area contributed by atoms with Gasteiger partial charge in [0.15, 0.2) is 5.69 Å². The SMILES string of the molecule is CCNC(=O)Nc1cc(-c2nc(C(F)(F)F)cs2)c(-c2ccc3c(c2)c(=O)c(C(=O)OCC)cn3[C@@H]2CCCN(CCS(C)(=O)=O)C2)cn1. The number of amides is 2. The van der Waals surface area contributed by atoms with Crippen LogP contribution in [-0.4, -0.2) is 84.6 Å². The van der Waals surface area contributed by atoms with E-state index in [2.05, 4.69) is 20.6 Å². The molecule has 12 nitrogen and oxygen atoms in total. The number of carbonyl (C=O) groups excluding carboxylic acids is 2. The number of hydrogen-bond acceptors (Lipinski definition) is 10. The first-order chi connectivity index (χ1) is 23.2. The molecule has 3 aromatic heterocycles. The third-order valence-electron chi connectivity index (χ3n) is 8.00. The maximum Gasteiger partial charge on any atom is 0.434 e. The number of pyridine rings is 2. The number of fused-ring (bicyclic) bond motifs is 1. The minimum absolute atomic E-state index is 0.000412. The Kier molecular flexibility index (Phi) is 10.7. The van der Waals surface area contributed by atoms with Gasteiger partial charge in [-0.3, -0.25) is 10.1 Å². The van der Waals surface area contributed by atoms with Gasteiger partial charge in [0.1, 0.15) is 26.2 Å². The number of likely N-dealkylation sites (tertiary alicyclic amines) is 1. The molecule has 262 valence electrons. The zero-order valence-corrected chi connectivity index (χ0v) is 28.6. The molecule has 1 fully saturated rings. The summed E-state index contributed by atoms with van der Waals surface area (Å²) in [4.78, 5) is 49.2. The molecular weight excluding hydrogens is 686 g/mol. The van der Waals surface area contributed by atoms with E-state index in [0.717, 1.165) is 23.1 Å². The van der Waals surface area contributed by atoms with Crippen LogP contribution >= 0.6 is 11.3 Å². The molecule has 4 heterocycles. The number of aromatic nitrogens is 3. The Labute approximate surface area is 284 Å². The number of hydrogen-bond donors (Lipinski definition) is 2. The van der Waals surface area contributed by atoms with E-state index in [4.69, 9.17) is 4.74 Å². The number of nitrogens with zero attached hydrogens (tertiary/aromatic N) is 4. The predicted molar refractivity (Wildman–Crippen MR) is 181 cm³/mol. The highest BCUT2D eigenvalue weighted by Gasteiger charge is 2.34. The van der Waals surface area contributed by atoms with Crippen molar-refractivity contribution in [3.05, 3.63) is 63.5 Å². The average Bonchev–Trinajstić information content (AvgIpc) is 3.55. The molecule has 2 amide bonds. The second kappa shape index (κ2) is 14.6. The third kappa shape index (κ3) is 8.45. The summed E-state index contributed by atoms with van der Waals surface area (Å²) in [5.74, 6) is -0.734. The van der Waals surface area contributed by atoms with Crippen molar-refractivity contribution in [2.75, 3.05) is 50.1 Å².